The summed E-state index contributed by atoms with van der Waals surface area (Å²) >= 11 is 0. The first-order chi connectivity index (χ1) is 19.3. The topological polar surface area (TPSA) is 26.7 Å². The second-order valence-corrected chi connectivity index (χ2v) is 14.9. The minimum atomic E-state index is 0.106. The van der Waals surface area contributed by atoms with Gasteiger partial charge >= 0.3 is 0 Å². The van der Waals surface area contributed by atoms with Crippen molar-refractivity contribution < 1.29 is 14.1 Å². The van der Waals surface area contributed by atoms with Crippen LogP contribution in [-0.2, 0) is 5.41 Å². The lowest BCUT2D eigenvalue weighted by molar-refractivity contribution is -0.890. The lowest BCUT2D eigenvalue weighted by atomic mass is 9.86. The Bertz CT molecular complexity index is 1100. The molecular formula is C36H62N4O+2. The van der Waals surface area contributed by atoms with Crippen molar-refractivity contribution in [2.24, 2.45) is 0 Å². The van der Waals surface area contributed by atoms with Gasteiger partial charge in [0.15, 0.2) is 0 Å². The third-order valence-electron chi connectivity index (χ3n) is 8.96. The number of unbranched alkanes of at least 4 members (excludes halogenated alkanes) is 3. The van der Waals surface area contributed by atoms with Crippen LogP contribution in [0.5, 0.6) is 0 Å². The first-order valence-electron chi connectivity index (χ1n) is 16.3. The van der Waals surface area contributed by atoms with Crippen LogP contribution in [0.2, 0.25) is 0 Å². The number of hydrogen-bond acceptors (Lipinski definition) is 3. The molecule has 1 aliphatic heterocycles. The van der Waals surface area contributed by atoms with Gasteiger partial charge in [-0.1, -0.05) is 46.2 Å². The zero-order chi connectivity index (χ0) is 30.3. The molecule has 1 heterocycles. The molecule has 0 fully saturated rings. The van der Waals surface area contributed by atoms with Crippen LogP contribution in [0.15, 0.2) is 36.4 Å². The molecule has 0 amide bonds. The van der Waals surface area contributed by atoms with E-state index in [0.29, 0.717) is 0 Å². The predicted octanol–water partition coefficient (Wildman–Crippen LogP) is 7.78. The Balaban J connectivity index is 1.85. The summed E-state index contributed by atoms with van der Waals surface area (Å²) in [5.74, 6) is 0. The van der Waals surface area contributed by atoms with Crippen LogP contribution in [0.25, 0.3) is 0 Å². The van der Waals surface area contributed by atoms with Crippen molar-refractivity contribution in [2.45, 2.75) is 85.0 Å². The quantitative estimate of drug-likeness (QED) is 0.166. The minimum absolute atomic E-state index is 0.106. The van der Waals surface area contributed by atoms with Gasteiger partial charge in [0.25, 0.3) is 0 Å². The standard InChI is InChI=1S/C36H62N4O/c1-10-11-23-39(6,7)24-14-12-21-37-32-19-17-30(2)28-34(32)38(22-13-15-25-40(8,9)26-16-27-41)35-29-31(36(3,4)5)18-20-33(35)37/h17-20,28-29,41H,10-16,21-27H2,1-9H3/q+2. The molecule has 0 aromatic heterocycles. The molecule has 1 N–H and O–H groups in total. The van der Waals surface area contributed by atoms with E-state index in [1.54, 1.807) is 0 Å². The Labute approximate surface area is 252 Å². The lowest BCUT2D eigenvalue weighted by Gasteiger charge is -2.41. The van der Waals surface area contributed by atoms with E-state index in [0.717, 1.165) is 48.0 Å². The molecule has 0 spiro atoms. The van der Waals surface area contributed by atoms with Gasteiger partial charge in [-0.25, -0.2) is 0 Å². The third-order valence-corrected chi connectivity index (χ3v) is 8.96. The lowest BCUT2D eigenvalue weighted by Crippen LogP contribution is -2.42. The van der Waals surface area contributed by atoms with Crippen LogP contribution in [0, 0.1) is 6.92 Å². The van der Waals surface area contributed by atoms with Crippen molar-refractivity contribution in [1.29, 1.82) is 0 Å². The molecule has 0 bridgehead atoms. The fraction of sp³-hybridized carbons (Fsp3) is 0.667. The SMILES string of the molecule is CCCC[N+](C)(C)CCCCN1c2ccc(C)cc2N(CCCC[N+](C)(C)CCCO)c2cc(C(C)(C)C)ccc21. The van der Waals surface area contributed by atoms with Crippen molar-refractivity contribution in [1.82, 2.24) is 0 Å². The highest BCUT2D eigenvalue weighted by Gasteiger charge is 2.30. The second kappa shape index (κ2) is 14.4. The Morgan fingerprint density at radius 3 is 1.66 bits per heavy atom. The molecule has 1 aliphatic rings. The highest BCUT2D eigenvalue weighted by molar-refractivity contribution is 5.93. The Morgan fingerprint density at radius 1 is 0.634 bits per heavy atom. The number of quaternary nitrogens is 2. The number of aliphatic hydroxyl groups excluding tert-OH is 1. The van der Waals surface area contributed by atoms with E-state index in [1.807, 2.05) is 0 Å². The van der Waals surface area contributed by atoms with Gasteiger partial charge in [-0.3, -0.25) is 0 Å². The molecule has 3 rings (SSSR count). The number of fused-ring (bicyclic) bond motifs is 2. The van der Waals surface area contributed by atoms with Gasteiger partial charge in [-0.2, -0.15) is 0 Å². The molecular weight excluding hydrogens is 504 g/mol. The van der Waals surface area contributed by atoms with Crippen LogP contribution in [0.4, 0.5) is 22.7 Å². The summed E-state index contributed by atoms with van der Waals surface area (Å²) in [6, 6.07) is 14.3. The number of aryl methyl sites for hydroxylation is 1. The molecule has 2 aromatic rings. The highest BCUT2D eigenvalue weighted by Crippen LogP contribution is 2.49. The maximum Gasteiger partial charge on any atom is 0.0804 e. The first-order valence-corrected chi connectivity index (χ1v) is 16.3. The monoisotopic (exact) mass is 566 g/mol. The van der Waals surface area contributed by atoms with Crippen LogP contribution in [-0.4, -0.2) is 88.1 Å². The predicted molar refractivity (Wildman–Crippen MR) is 179 cm³/mol. The number of benzene rings is 2. The van der Waals surface area contributed by atoms with Crippen molar-refractivity contribution in [3.05, 3.63) is 47.5 Å². The van der Waals surface area contributed by atoms with Gasteiger partial charge in [0.05, 0.1) is 77.1 Å². The van der Waals surface area contributed by atoms with Gasteiger partial charge in [-0.15, -0.1) is 0 Å². The number of nitrogens with zero attached hydrogens (tertiary/aromatic N) is 4. The fourth-order valence-electron chi connectivity index (χ4n) is 6.18. The Kier molecular flexibility index (Phi) is 11.7. The summed E-state index contributed by atoms with van der Waals surface area (Å²) in [6.07, 6.45) is 8.23. The normalized spacial score (nSPS) is 13.9. The summed E-state index contributed by atoms with van der Waals surface area (Å²) in [5.41, 5.74) is 8.25. The molecule has 5 heteroatoms. The number of anilines is 4. The summed E-state index contributed by atoms with van der Waals surface area (Å²) < 4.78 is 2.10. The van der Waals surface area contributed by atoms with Crippen LogP contribution >= 0.6 is 0 Å². The van der Waals surface area contributed by atoms with E-state index in [4.69, 9.17) is 0 Å². The van der Waals surface area contributed by atoms with E-state index in [1.165, 1.54) is 79.1 Å². The van der Waals surface area contributed by atoms with Gasteiger partial charge in [0.2, 0.25) is 0 Å². The molecule has 0 saturated heterocycles. The number of aliphatic hydroxyl groups is 1. The van der Waals surface area contributed by atoms with Gasteiger partial charge in [-0.05, 0) is 79.8 Å². The smallest absolute Gasteiger partial charge is 0.0804 e. The average Bonchev–Trinajstić information content (AvgIpc) is 2.90. The largest absolute Gasteiger partial charge is 0.396 e. The second-order valence-electron chi connectivity index (χ2n) is 14.9. The minimum Gasteiger partial charge on any atom is -0.396 e. The van der Waals surface area contributed by atoms with Crippen LogP contribution < -0.4 is 9.80 Å². The number of rotatable bonds is 16. The summed E-state index contributed by atoms with van der Waals surface area (Å²) in [5, 5.41) is 9.29. The van der Waals surface area contributed by atoms with E-state index < -0.39 is 0 Å². The van der Waals surface area contributed by atoms with Crippen molar-refractivity contribution in [3.8, 4) is 0 Å². The molecule has 0 radical (unpaired) electrons. The van der Waals surface area contributed by atoms with E-state index in [9.17, 15) is 5.11 Å². The summed E-state index contributed by atoms with van der Waals surface area (Å²) in [4.78, 5) is 5.22. The van der Waals surface area contributed by atoms with Crippen LogP contribution in [0.1, 0.15) is 83.8 Å². The molecule has 2 aromatic carbocycles. The fourth-order valence-corrected chi connectivity index (χ4v) is 6.18. The van der Waals surface area contributed by atoms with E-state index in [2.05, 4.69) is 109 Å². The zero-order valence-corrected chi connectivity index (χ0v) is 28.1. The first kappa shape index (κ1) is 33.4. The summed E-state index contributed by atoms with van der Waals surface area (Å²) in [6.45, 7) is 18.5. The Hall–Kier alpha value is -2.08. The molecule has 0 aliphatic carbocycles. The van der Waals surface area contributed by atoms with Gasteiger partial charge in [0, 0.05) is 26.1 Å². The molecule has 230 valence electrons. The van der Waals surface area contributed by atoms with E-state index >= 15 is 0 Å². The maximum absolute atomic E-state index is 9.29. The molecule has 0 saturated carbocycles. The van der Waals surface area contributed by atoms with Gasteiger partial charge < -0.3 is 23.9 Å². The van der Waals surface area contributed by atoms with Crippen LogP contribution in [0.3, 0.4) is 0 Å². The molecule has 41 heavy (non-hydrogen) atoms. The van der Waals surface area contributed by atoms with Crippen molar-refractivity contribution in [2.75, 3.05) is 83.9 Å². The zero-order valence-electron chi connectivity index (χ0n) is 28.1. The van der Waals surface area contributed by atoms with Gasteiger partial charge in [0.1, 0.15) is 0 Å². The Morgan fingerprint density at radius 2 is 1.12 bits per heavy atom. The maximum atomic E-state index is 9.29. The van der Waals surface area contributed by atoms with Crippen molar-refractivity contribution in [3.63, 3.8) is 0 Å². The molecule has 0 unspecified atom stereocenters. The third kappa shape index (κ3) is 9.46. The van der Waals surface area contributed by atoms with Crippen molar-refractivity contribution >= 4 is 22.7 Å². The van der Waals surface area contributed by atoms with E-state index in [-0.39, 0.29) is 12.0 Å². The average molecular weight is 567 g/mol. The molecule has 0 atom stereocenters. The molecule has 5 nitrogen and oxygen atoms in total. The summed E-state index contributed by atoms with van der Waals surface area (Å²) in [7, 11) is 9.37. The number of hydrogen-bond donors (Lipinski definition) is 1. The highest BCUT2D eigenvalue weighted by atomic mass is 16.3.